The zero-order chi connectivity index (χ0) is 20.5. The van der Waals surface area contributed by atoms with Gasteiger partial charge in [0.1, 0.15) is 12.7 Å². The Labute approximate surface area is 175 Å². The molecule has 1 saturated heterocycles. The summed E-state index contributed by atoms with van der Waals surface area (Å²) in [4.78, 5) is 20.9. The molecule has 0 amide bonds. The molecule has 0 bridgehead atoms. The Morgan fingerprint density at radius 3 is 2.18 bits per heavy atom. The minimum absolute atomic E-state index is 0.0709. The van der Waals surface area contributed by atoms with Crippen LogP contribution in [-0.2, 0) is 18.6 Å². The van der Waals surface area contributed by atoms with Crippen molar-refractivity contribution in [2.75, 3.05) is 12.4 Å². The van der Waals surface area contributed by atoms with Gasteiger partial charge in [-0.05, 0) is 43.5 Å². The lowest BCUT2D eigenvalue weighted by atomic mass is 10.1. The number of hydrogen-bond acceptors (Lipinski definition) is 5. The molecule has 1 aliphatic rings. The third-order valence-corrected chi connectivity index (χ3v) is 7.87. The van der Waals surface area contributed by atoms with Crippen LogP contribution in [0, 0.1) is 0 Å². The van der Waals surface area contributed by atoms with E-state index in [2.05, 4.69) is 19.1 Å². The highest BCUT2D eigenvalue weighted by molar-refractivity contribution is 8.55. The van der Waals surface area contributed by atoms with Crippen LogP contribution in [0.3, 0.4) is 0 Å². The second kappa shape index (κ2) is 16.5. The van der Waals surface area contributed by atoms with E-state index in [1.807, 2.05) is 0 Å². The molecule has 1 fully saturated rings. The van der Waals surface area contributed by atoms with E-state index >= 15 is 0 Å². The van der Waals surface area contributed by atoms with Gasteiger partial charge in [-0.3, -0.25) is 9.32 Å². The topological polar surface area (TPSA) is 72.8 Å². The lowest BCUT2D eigenvalue weighted by Gasteiger charge is -2.09. The number of ether oxygens (including phenoxy) is 1. The SMILES string of the molecule is CCCCCCCC/C=C\CCCCCCCC(=O)OCC1CSP(=O)(O)O1. The largest absolute Gasteiger partial charge is 0.463 e. The molecule has 28 heavy (non-hydrogen) atoms. The van der Waals surface area contributed by atoms with Gasteiger partial charge in [-0.2, -0.15) is 0 Å². The van der Waals surface area contributed by atoms with E-state index < -0.39 is 12.9 Å². The van der Waals surface area contributed by atoms with E-state index in [4.69, 9.17) is 9.26 Å². The molecule has 0 spiro atoms. The van der Waals surface area contributed by atoms with Crippen molar-refractivity contribution in [1.82, 2.24) is 0 Å². The molecule has 164 valence electrons. The van der Waals surface area contributed by atoms with Crippen LogP contribution in [0.2, 0.25) is 0 Å². The normalized spacial score (nSPS) is 22.1. The van der Waals surface area contributed by atoms with E-state index in [1.165, 1.54) is 57.8 Å². The maximum atomic E-state index is 11.7. The molecule has 0 aromatic heterocycles. The zero-order valence-electron chi connectivity index (χ0n) is 17.5. The third-order valence-electron chi connectivity index (χ3n) is 4.78. The molecule has 1 heterocycles. The highest BCUT2D eigenvalue weighted by atomic mass is 32.7. The van der Waals surface area contributed by atoms with Crippen LogP contribution in [0.1, 0.15) is 96.8 Å². The molecule has 2 unspecified atom stereocenters. The van der Waals surface area contributed by atoms with Crippen LogP contribution in [-0.4, -0.2) is 29.3 Å². The summed E-state index contributed by atoms with van der Waals surface area (Å²) in [6.45, 7) is -1.17. The smallest absolute Gasteiger partial charge is 0.387 e. The predicted octanol–water partition coefficient (Wildman–Crippen LogP) is 6.80. The lowest BCUT2D eigenvalue weighted by molar-refractivity contribution is -0.145. The van der Waals surface area contributed by atoms with Crippen LogP contribution >= 0.6 is 18.2 Å². The van der Waals surface area contributed by atoms with Gasteiger partial charge in [0.2, 0.25) is 0 Å². The van der Waals surface area contributed by atoms with Crippen molar-refractivity contribution in [3.8, 4) is 0 Å². The quantitative estimate of drug-likeness (QED) is 0.117. The molecule has 0 aromatic rings. The molecule has 2 atom stereocenters. The van der Waals surface area contributed by atoms with Crippen molar-refractivity contribution in [2.24, 2.45) is 0 Å². The summed E-state index contributed by atoms with van der Waals surface area (Å²) in [5.74, 6) is 0.153. The van der Waals surface area contributed by atoms with Crippen molar-refractivity contribution in [3.63, 3.8) is 0 Å². The van der Waals surface area contributed by atoms with Crippen LogP contribution < -0.4 is 0 Å². The Bertz CT molecular complexity index is 483. The van der Waals surface area contributed by atoms with Gasteiger partial charge in [-0.15, -0.1) is 0 Å². The van der Waals surface area contributed by atoms with Gasteiger partial charge >= 0.3 is 12.8 Å². The molecule has 1 rings (SSSR count). The fourth-order valence-corrected chi connectivity index (χ4v) is 5.91. The second-order valence-corrected chi connectivity index (χ2v) is 11.4. The summed E-state index contributed by atoms with van der Waals surface area (Å²) < 4.78 is 21.3. The Balaban J connectivity index is 1.81. The lowest BCUT2D eigenvalue weighted by Crippen LogP contribution is -2.19. The van der Waals surface area contributed by atoms with E-state index in [9.17, 15) is 14.3 Å². The summed E-state index contributed by atoms with van der Waals surface area (Å²) >= 11 is 0.892. The first-order valence-electron chi connectivity index (χ1n) is 11.0. The average Bonchev–Trinajstić information content (AvgIpc) is 3.02. The van der Waals surface area contributed by atoms with Crippen molar-refractivity contribution >= 4 is 24.1 Å². The molecule has 0 radical (unpaired) electrons. The van der Waals surface area contributed by atoms with Gasteiger partial charge in [-0.1, -0.05) is 70.4 Å². The molecular weight excluding hydrogens is 395 g/mol. The first-order chi connectivity index (χ1) is 13.5. The third kappa shape index (κ3) is 14.7. The van der Waals surface area contributed by atoms with E-state index in [-0.39, 0.29) is 12.6 Å². The number of hydrogen-bond donors (Lipinski definition) is 1. The molecule has 0 aromatic carbocycles. The predicted molar refractivity (Wildman–Crippen MR) is 118 cm³/mol. The first-order valence-corrected chi connectivity index (χ1v) is 14.2. The molecule has 7 heteroatoms. The maximum Gasteiger partial charge on any atom is 0.387 e. The Morgan fingerprint density at radius 2 is 1.61 bits per heavy atom. The molecular formula is C21H39O5PS. The van der Waals surface area contributed by atoms with E-state index in [0.29, 0.717) is 12.2 Å². The van der Waals surface area contributed by atoms with E-state index in [0.717, 1.165) is 37.1 Å². The monoisotopic (exact) mass is 434 g/mol. The Morgan fingerprint density at radius 1 is 1.04 bits per heavy atom. The molecule has 1 N–H and O–H groups in total. The average molecular weight is 435 g/mol. The second-order valence-electron chi connectivity index (χ2n) is 7.51. The number of allylic oxidation sites excluding steroid dienone is 2. The highest BCUT2D eigenvalue weighted by Crippen LogP contribution is 2.61. The molecule has 1 aliphatic heterocycles. The highest BCUT2D eigenvalue weighted by Gasteiger charge is 2.35. The summed E-state index contributed by atoms with van der Waals surface area (Å²) in [5, 5.41) is 0. The molecule has 0 saturated carbocycles. The van der Waals surface area contributed by atoms with Crippen LogP contribution in [0.5, 0.6) is 0 Å². The number of esters is 1. The van der Waals surface area contributed by atoms with Crippen molar-refractivity contribution in [2.45, 2.75) is 103 Å². The van der Waals surface area contributed by atoms with Crippen LogP contribution in [0.25, 0.3) is 0 Å². The maximum absolute atomic E-state index is 11.7. The van der Waals surface area contributed by atoms with Gasteiger partial charge in [0.15, 0.2) is 0 Å². The van der Waals surface area contributed by atoms with Gasteiger partial charge in [0.05, 0.1) is 0 Å². The molecule has 0 aliphatic carbocycles. The fraction of sp³-hybridized carbons (Fsp3) is 0.857. The van der Waals surface area contributed by atoms with Gasteiger partial charge in [0, 0.05) is 12.2 Å². The standard InChI is InChI=1S/C21H39O5PS/c1-2-3-4-5-6-7-8-9-10-11-12-13-14-15-16-17-21(22)25-18-20-19-28-27(23,24)26-20/h9-10,20H,2-8,11-19H2,1H3,(H,23,24)/b10-9-. The van der Waals surface area contributed by atoms with Crippen LogP contribution in [0.15, 0.2) is 12.2 Å². The first kappa shape index (κ1) is 25.7. The molecule has 5 nitrogen and oxygen atoms in total. The number of carbonyl (C=O) groups is 1. The number of carbonyl (C=O) groups excluding carboxylic acids is 1. The summed E-state index contributed by atoms with van der Waals surface area (Å²) in [6.07, 6.45) is 20.6. The van der Waals surface area contributed by atoms with Crippen LogP contribution in [0.4, 0.5) is 0 Å². The van der Waals surface area contributed by atoms with Gasteiger partial charge in [0.25, 0.3) is 0 Å². The van der Waals surface area contributed by atoms with E-state index in [1.54, 1.807) is 0 Å². The van der Waals surface area contributed by atoms with Crippen molar-refractivity contribution in [3.05, 3.63) is 12.2 Å². The van der Waals surface area contributed by atoms with Crippen molar-refractivity contribution in [1.29, 1.82) is 0 Å². The Kier molecular flexibility index (Phi) is 15.2. The number of rotatable bonds is 17. The summed E-state index contributed by atoms with van der Waals surface area (Å²) in [7, 11) is 0. The fourth-order valence-electron chi connectivity index (χ4n) is 3.10. The summed E-state index contributed by atoms with van der Waals surface area (Å²) in [5.41, 5.74) is 0. The Hall–Kier alpha value is -0.290. The van der Waals surface area contributed by atoms with Gasteiger partial charge < -0.3 is 9.63 Å². The summed E-state index contributed by atoms with van der Waals surface area (Å²) in [6, 6.07) is 0. The zero-order valence-corrected chi connectivity index (χ0v) is 19.2. The number of unbranched alkanes of at least 4 members (excludes halogenated alkanes) is 11. The minimum atomic E-state index is -3.49. The van der Waals surface area contributed by atoms with Crippen molar-refractivity contribution < 1.29 is 23.5 Å². The minimum Gasteiger partial charge on any atom is -0.463 e. The van der Waals surface area contributed by atoms with Gasteiger partial charge in [-0.25, -0.2) is 4.57 Å².